The maximum Gasteiger partial charge on any atom is 0.223 e. The Balaban J connectivity index is 1.86. The highest BCUT2D eigenvalue weighted by atomic mass is 16.1. The monoisotopic (exact) mass is 289 g/mol. The van der Waals surface area contributed by atoms with Crippen LogP contribution in [0.4, 0.5) is 0 Å². The van der Waals surface area contributed by atoms with Gasteiger partial charge in [-0.3, -0.25) is 4.79 Å². The topological polar surface area (TPSA) is 44.4 Å². The lowest BCUT2D eigenvalue weighted by molar-refractivity contribution is -0.126. The standard InChI is InChI=1S/C17H27N3O/c1-13-9-16(7-8-18-13)17(21)19-11-14-5-4-6-15(10-14)12-20(2)3/h4-6,10,13,16,18H,7-9,11-12H2,1-3H3,(H,19,21)/t13-,16-/m0/s1. The summed E-state index contributed by atoms with van der Waals surface area (Å²) < 4.78 is 0. The van der Waals surface area contributed by atoms with Gasteiger partial charge in [-0.1, -0.05) is 24.3 Å². The van der Waals surface area contributed by atoms with Gasteiger partial charge in [-0.2, -0.15) is 0 Å². The zero-order valence-electron chi connectivity index (χ0n) is 13.4. The minimum Gasteiger partial charge on any atom is -0.352 e. The van der Waals surface area contributed by atoms with Crippen LogP contribution in [0.15, 0.2) is 24.3 Å². The molecule has 1 fully saturated rings. The zero-order chi connectivity index (χ0) is 15.2. The summed E-state index contributed by atoms with van der Waals surface area (Å²) in [5.74, 6) is 0.354. The molecule has 4 heteroatoms. The summed E-state index contributed by atoms with van der Waals surface area (Å²) in [5, 5.41) is 6.47. The molecular weight excluding hydrogens is 262 g/mol. The van der Waals surface area contributed by atoms with Crippen LogP contribution in [0.5, 0.6) is 0 Å². The van der Waals surface area contributed by atoms with Crippen molar-refractivity contribution < 1.29 is 4.79 Å². The third kappa shape index (κ3) is 5.14. The highest BCUT2D eigenvalue weighted by Gasteiger charge is 2.24. The predicted octanol–water partition coefficient (Wildman–Crippen LogP) is 1.75. The van der Waals surface area contributed by atoms with Crippen LogP contribution < -0.4 is 10.6 Å². The number of nitrogens with one attached hydrogen (secondary N) is 2. The molecule has 0 unspecified atom stereocenters. The molecule has 0 aliphatic carbocycles. The highest BCUT2D eigenvalue weighted by Crippen LogP contribution is 2.16. The molecule has 1 aliphatic heterocycles. The minimum absolute atomic E-state index is 0.159. The summed E-state index contributed by atoms with van der Waals surface area (Å²) in [6.07, 6.45) is 1.88. The van der Waals surface area contributed by atoms with Crippen molar-refractivity contribution in [2.75, 3.05) is 20.6 Å². The Bertz CT molecular complexity index is 473. The van der Waals surface area contributed by atoms with Gasteiger partial charge in [-0.25, -0.2) is 0 Å². The first kappa shape index (κ1) is 16.0. The molecule has 1 amide bonds. The molecule has 0 spiro atoms. The fraction of sp³-hybridized carbons (Fsp3) is 0.588. The normalized spacial score (nSPS) is 22.3. The number of piperidine rings is 1. The van der Waals surface area contributed by atoms with Crippen LogP contribution in [0, 0.1) is 5.92 Å². The first-order valence-corrected chi connectivity index (χ1v) is 7.78. The van der Waals surface area contributed by atoms with Gasteiger partial charge in [-0.15, -0.1) is 0 Å². The van der Waals surface area contributed by atoms with Crippen molar-refractivity contribution in [3.63, 3.8) is 0 Å². The molecule has 2 atom stereocenters. The Hall–Kier alpha value is -1.39. The van der Waals surface area contributed by atoms with Gasteiger partial charge in [0, 0.05) is 25.0 Å². The van der Waals surface area contributed by atoms with Crippen LogP contribution in [0.2, 0.25) is 0 Å². The SMILES string of the molecule is C[C@H]1C[C@@H](C(=O)NCc2cccc(CN(C)C)c2)CCN1. The van der Waals surface area contributed by atoms with E-state index in [4.69, 9.17) is 0 Å². The summed E-state index contributed by atoms with van der Waals surface area (Å²) in [7, 11) is 4.12. The smallest absolute Gasteiger partial charge is 0.223 e. The van der Waals surface area contributed by atoms with E-state index in [1.54, 1.807) is 0 Å². The van der Waals surface area contributed by atoms with Gasteiger partial charge in [0.15, 0.2) is 0 Å². The van der Waals surface area contributed by atoms with Gasteiger partial charge in [-0.05, 0) is 51.5 Å². The van der Waals surface area contributed by atoms with Crippen LogP contribution in [0.25, 0.3) is 0 Å². The number of hydrogen-bond donors (Lipinski definition) is 2. The van der Waals surface area contributed by atoms with E-state index in [-0.39, 0.29) is 11.8 Å². The second-order valence-corrected chi connectivity index (χ2v) is 6.35. The number of benzene rings is 1. The van der Waals surface area contributed by atoms with E-state index < -0.39 is 0 Å². The third-order valence-electron chi connectivity index (χ3n) is 3.95. The molecule has 0 aromatic heterocycles. The Morgan fingerprint density at radius 1 is 1.38 bits per heavy atom. The highest BCUT2D eigenvalue weighted by molar-refractivity contribution is 5.78. The maximum absolute atomic E-state index is 12.2. The van der Waals surface area contributed by atoms with Gasteiger partial charge >= 0.3 is 0 Å². The van der Waals surface area contributed by atoms with E-state index in [9.17, 15) is 4.79 Å². The van der Waals surface area contributed by atoms with Crippen LogP contribution in [-0.2, 0) is 17.9 Å². The first-order chi connectivity index (χ1) is 10.0. The van der Waals surface area contributed by atoms with Gasteiger partial charge < -0.3 is 15.5 Å². The van der Waals surface area contributed by atoms with E-state index in [0.717, 1.165) is 25.9 Å². The molecule has 1 saturated heterocycles. The molecule has 1 aliphatic rings. The van der Waals surface area contributed by atoms with Crippen LogP contribution in [0.1, 0.15) is 30.9 Å². The summed E-state index contributed by atoms with van der Waals surface area (Å²) in [6.45, 7) is 4.63. The number of nitrogens with zero attached hydrogens (tertiary/aromatic N) is 1. The molecular formula is C17H27N3O. The first-order valence-electron chi connectivity index (χ1n) is 7.78. The van der Waals surface area contributed by atoms with Crippen molar-refractivity contribution in [3.8, 4) is 0 Å². The van der Waals surface area contributed by atoms with E-state index in [1.807, 2.05) is 0 Å². The van der Waals surface area contributed by atoms with E-state index in [0.29, 0.717) is 12.6 Å². The molecule has 1 heterocycles. The van der Waals surface area contributed by atoms with Crippen molar-refractivity contribution in [1.82, 2.24) is 15.5 Å². The number of hydrogen-bond acceptors (Lipinski definition) is 3. The average molecular weight is 289 g/mol. The van der Waals surface area contributed by atoms with Crippen LogP contribution in [-0.4, -0.2) is 37.5 Å². The Kier molecular flexibility index (Phi) is 5.76. The minimum atomic E-state index is 0.159. The Morgan fingerprint density at radius 2 is 2.14 bits per heavy atom. The molecule has 1 aromatic carbocycles. The lowest BCUT2D eigenvalue weighted by Gasteiger charge is -2.27. The molecule has 116 valence electrons. The van der Waals surface area contributed by atoms with Crippen LogP contribution >= 0.6 is 0 Å². The largest absolute Gasteiger partial charge is 0.352 e. The molecule has 21 heavy (non-hydrogen) atoms. The summed E-state index contributed by atoms with van der Waals surface area (Å²) in [6, 6.07) is 8.88. The average Bonchev–Trinajstić information content (AvgIpc) is 2.44. The van der Waals surface area contributed by atoms with Gasteiger partial charge in [0.1, 0.15) is 0 Å². The van der Waals surface area contributed by atoms with E-state index >= 15 is 0 Å². The second-order valence-electron chi connectivity index (χ2n) is 6.35. The zero-order valence-corrected chi connectivity index (χ0v) is 13.4. The molecule has 0 bridgehead atoms. The molecule has 4 nitrogen and oxygen atoms in total. The number of amides is 1. The maximum atomic E-state index is 12.2. The second kappa shape index (κ2) is 7.57. The van der Waals surface area contributed by atoms with E-state index in [1.165, 1.54) is 11.1 Å². The van der Waals surface area contributed by atoms with Crippen molar-refractivity contribution in [3.05, 3.63) is 35.4 Å². The fourth-order valence-electron chi connectivity index (χ4n) is 2.91. The lowest BCUT2D eigenvalue weighted by atomic mass is 9.92. The molecule has 2 N–H and O–H groups in total. The number of carbonyl (C=O) groups excluding carboxylic acids is 1. The van der Waals surface area contributed by atoms with Gasteiger partial charge in [0.2, 0.25) is 5.91 Å². The fourth-order valence-corrected chi connectivity index (χ4v) is 2.91. The summed E-state index contributed by atoms with van der Waals surface area (Å²) in [5.41, 5.74) is 2.45. The quantitative estimate of drug-likeness (QED) is 0.868. The predicted molar refractivity (Wildman–Crippen MR) is 85.9 cm³/mol. The Labute approximate surface area is 127 Å². The van der Waals surface area contributed by atoms with Crippen molar-refractivity contribution in [1.29, 1.82) is 0 Å². The molecule has 0 radical (unpaired) electrons. The summed E-state index contributed by atoms with van der Waals surface area (Å²) >= 11 is 0. The summed E-state index contributed by atoms with van der Waals surface area (Å²) in [4.78, 5) is 14.4. The van der Waals surface area contributed by atoms with Crippen molar-refractivity contribution >= 4 is 5.91 Å². The van der Waals surface area contributed by atoms with Gasteiger partial charge in [0.25, 0.3) is 0 Å². The Morgan fingerprint density at radius 3 is 2.86 bits per heavy atom. The van der Waals surface area contributed by atoms with Crippen LogP contribution in [0.3, 0.4) is 0 Å². The molecule has 2 rings (SSSR count). The molecule has 1 aromatic rings. The molecule has 0 saturated carbocycles. The van der Waals surface area contributed by atoms with E-state index in [2.05, 4.69) is 60.8 Å². The number of carbonyl (C=O) groups is 1. The number of rotatable bonds is 5. The lowest BCUT2D eigenvalue weighted by Crippen LogP contribution is -2.42. The van der Waals surface area contributed by atoms with Gasteiger partial charge in [0.05, 0.1) is 0 Å². The van der Waals surface area contributed by atoms with Crippen molar-refractivity contribution in [2.45, 2.75) is 38.9 Å². The van der Waals surface area contributed by atoms with Crippen molar-refractivity contribution in [2.24, 2.45) is 5.92 Å². The third-order valence-corrected chi connectivity index (χ3v) is 3.95.